The fourth-order valence-electron chi connectivity index (χ4n) is 5.30. The number of hydrogen-bond donors (Lipinski definition) is 4. The zero-order valence-corrected chi connectivity index (χ0v) is 16.9. The molecule has 2 fully saturated rings. The second-order valence-corrected chi connectivity index (χ2v) is 8.76. The monoisotopic (exact) mass is 394 g/mol. The number of benzene rings is 2. The molecule has 0 amide bonds. The van der Waals surface area contributed by atoms with E-state index in [0.29, 0.717) is 0 Å². The van der Waals surface area contributed by atoms with E-state index in [1.54, 1.807) is 0 Å². The van der Waals surface area contributed by atoms with Gasteiger partial charge >= 0.3 is 0 Å². The van der Waals surface area contributed by atoms with Crippen molar-refractivity contribution in [2.75, 3.05) is 0 Å². The average molecular weight is 395 g/mol. The molecule has 6 unspecified atom stereocenters. The van der Waals surface area contributed by atoms with E-state index in [4.69, 9.17) is 27.7 Å². The van der Waals surface area contributed by atoms with Gasteiger partial charge in [0, 0.05) is 36.0 Å². The van der Waals surface area contributed by atoms with E-state index in [2.05, 4.69) is 24.3 Å². The van der Waals surface area contributed by atoms with Crippen molar-refractivity contribution in [1.82, 2.24) is 0 Å². The Morgan fingerprint density at radius 3 is 1.17 bits per heavy atom. The first-order valence-electron chi connectivity index (χ1n) is 10.8. The maximum Gasteiger partial charge on any atom is 0.0891 e. The van der Waals surface area contributed by atoms with E-state index in [0.717, 1.165) is 36.8 Å². The molecule has 0 radical (unpaired) electrons. The Morgan fingerprint density at radius 1 is 0.552 bits per heavy atom. The average Bonchev–Trinajstić information content (AvgIpc) is 3.25. The molecule has 0 saturated heterocycles. The minimum absolute atomic E-state index is 0.0255. The van der Waals surface area contributed by atoms with Gasteiger partial charge < -0.3 is 27.7 Å². The maximum atomic E-state index is 6.95. The number of hydrogen-bond acceptors (Lipinski definition) is 5. The van der Waals surface area contributed by atoms with Gasteiger partial charge in [-0.3, -0.25) is 0 Å². The zero-order valence-electron chi connectivity index (χ0n) is 16.9. The predicted octanol–water partition coefficient (Wildman–Crippen LogP) is 2.61. The quantitative estimate of drug-likeness (QED) is 0.601. The zero-order chi connectivity index (χ0) is 20.4. The van der Waals surface area contributed by atoms with Crippen molar-refractivity contribution in [3.05, 3.63) is 71.8 Å². The molecule has 2 aliphatic rings. The number of rotatable bonds is 6. The van der Waals surface area contributed by atoms with Crippen LogP contribution in [0.1, 0.15) is 49.0 Å². The van der Waals surface area contributed by atoms with E-state index in [1.165, 1.54) is 0 Å². The van der Waals surface area contributed by atoms with Crippen LogP contribution in [0.25, 0.3) is 0 Å². The van der Waals surface area contributed by atoms with Gasteiger partial charge in [0.05, 0.1) is 12.2 Å². The van der Waals surface area contributed by atoms with Crippen LogP contribution in [0, 0.1) is 11.8 Å². The first-order valence-corrected chi connectivity index (χ1v) is 10.8. The van der Waals surface area contributed by atoms with Gasteiger partial charge in [0.1, 0.15) is 0 Å². The van der Waals surface area contributed by atoms with Crippen LogP contribution in [0.5, 0.6) is 0 Å². The highest BCUT2D eigenvalue weighted by molar-refractivity contribution is 5.24. The second kappa shape index (κ2) is 8.94. The van der Waals surface area contributed by atoms with Crippen LogP contribution in [-0.4, -0.2) is 24.2 Å². The lowest BCUT2D eigenvalue weighted by molar-refractivity contribution is -0.0818. The highest BCUT2D eigenvalue weighted by Gasteiger charge is 2.44. The van der Waals surface area contributed by atoms with Crippen LogP contribution in [0.15, 0.2) is 60.7 Å². The highest BCUT2D eigenvalue weighted by Crippen LogP contribution is 2.44. The highest BCUT2D eigenvalue weighted by atomic mass is 16.5. The molecule has 8 N–H and O–H groups in total. The summed E-state index contributed by atoms with van der Waals surface area (Å²) in [5.74, 6) is 0.134. The second-order valence-electron chi connectivity index (χ2n) is 8.76. The fourth-order valence-corrected chi connectivity index (χ4v) is 5.30. The molecule has 4 rings (SSSR count). The molecule has 2 aliphatic carbocycles. The van der Waals surface area contributed by atoms with E-state index in [9.17, 15) is 0 Å². The molecule has 6 atom stereocenters. The van der Waals surface area contributed by atoms with Crippen molar-refractivity contribution < 1.29 is 4.74 Å². The largest absolute Gasteiger partial charge is 0.365 e. The molecule has 5 nitrogen and oxygen atoms in total. The third-order valence-electron chi connectivity index (χ3n) is 6.89. The van der Waals surface area contributed by atoms with Crippen molar-refractivity contribution in [2.45, 2.75) is 62.1 Å². The van der Waals surface area contributed by atoms with Crippen LogP contribution in [-0.2, 0) is 4.74 Å². The lowest BCUT2D eigenvalue weighted by Gasteiger charge is -2.38. The van der Waals surface area contributed by atoms with Crippen LogP contribution in [0.2, 0.25) is 0 Å². The third kappa shape index (κ3) is 4.25. The molecule has 2 aromatic rings. The summed E-state index contributed by atoms with van der Waals surface area (Å²) in [5, 5.41) is 0. The summed E-state index contributed by atoms with van der Waals surface area (Å²) in [6.45, 7) is 0. The van der Waals surface area contributed by atoms with Gasteiger partial charge in [0.15, 0.2) is 0 Å². The van der Waals surface area contributed by atoms with Crippen LogP contribution in [0.4, 0.5) is 0 Å². The summed E-state index contributed by atoms with van der Waals surface area (Å²) in [6.07, 6.45) is 3.34. The Bertz CT molecular complexity index is 685. The van der Waals surface area contributed by atoms with E-state index >= 15 is 0 Å². The Labute approximate surface area is 173 Å². The summed E-state index contributed by atoms with van der Waals surface area (Å²) in [4.78, 5) is 0. The van der Waals surface area contributed by atoms with Crippen molar-refractivity contribution in [1.29, 1.82) is 0 Å². The van der Waals surface area contributed by atoms with Crippen LogP contribution >= 0.6 is 0 Å². The van der Waals surface area contributed by atoms with Crippen molar-refractivity contribution >= 4 is 0 Å². The topological polar surface area (TPSA) is 113 Å². The molecule has 5 heteroatoms. The number of ether oxygens (including phenoxy) is 1. The Morgan fingerprint density at radius 2 is 0.862 bits per heavy atom. The third-order valence-corrected chi connectivity index (χ3v) is 6.89. The minimum Gasteiger partial charge on any atom is -0.365 e. The van der Waals surface area contributed by atoms with Gasteiger partial charge in [-0.05, 0) is 36.8 Å². The normalized spacial score (nSPS) is 34.2. The predicted molar refractivity (Wildman–Crippen MR) is 117 cm³/mol. The summed E-state index contributed by atoms with van der Waals surface area (Å²) >= 11 is 0. The fraction of sp³-hybridized carbons (Fsp3) is 0.500. The van der Waals surface area contributed by atoms with Crippen molar-refractivity contribution in [3.63, 3.8) is 0 Å². The maximum absolute atomic E-state index is 6.95. The van der Waals surface area contributed by atoms with Gasteiger partial charge in [-0.2, -0.15) is 0 Å². The molecule has 0 spiro atoms. The van der Waals surface area contributed by atoms with Crippen molar-refractivity contribution in [3.8, 4) is 0 Å². The summed E-state index contributed by atoms with van der Waals surface area (Å²) in [6, 6.07) is 20.8. The lowest BCUT2D eigenvalue weighted by Crippen LogP contribution is -2.43. The smallest absolute Gasteiger partial charge is 0.0891 e. The molecule has 2 aromatic carbocycles. The molecule has 156 valence electrons. The first kappa shape index (κ1) is 20.5. The molecule has 2 saturated carbocycles. The Kier molecular flexibility index (Phi) is 6.32. The molecule has 0 bridgehead atoms. The summed E-state index contributed by atoms with van der Waals surface area (Å²) < 4.78 is 6.95. The molecular weight excluding hydrogens is 360 g/mol. The van der Waals surface area contributed by atoms with Crippen LogP contribution < -0.4 is 22.9 Å². The minimum atomic E-state index is -0.186. The Balaban J connectivity index is 1.72. The van der Waals surface area contributed by atoms with Gasteiger partial charge in [-0.15, -0.1) is 0 Å². The number of nitrogens with two attached hydrogens (primary N) is 4. The SMILES string of the molecule is NC1CCC(N)C1C(OC(c1ccccc1)C1C(N)CCC1N)c1ccccc1. The van der Waals surface area contributed by atoms with Crippen molar-refractivity contribution in [2.24, 2.45) is 34.8 Å². The molecule has 0 aliphatic heterocycles. The van der Waals surface area contributed by atoms with Gasteiger partial charge in [0.2, 0.25) is 0 Å². The van der Waals surface area contributed by atoms with Gasteiger partial charge in [-0.1, -0.05) is 60.7 Å². The molecular formula is C24H34N4O. The van der Waals surface area contributed by atoms with E-state index in [-0.39, 0.29) is 48.2 Å². The first-order chi connectivity index (χ1) is 14.1. The molecule has 0 heterocycles. The van der Waals surface area contributed by atoms with Gasteiger partial charge in [-0.25, -0.2) is 0 Å². The van der Waals surface area contributed by atoms with Gasteiger partial charge in [0.25, 0.3) is 0 Å². The molecule has 29 heavy (non-hydrogen) atoms. The van der Waals surface area contributed by atoms with Crippen LogP contribution in [0.3, 0.4) is 0 Å². The standard InChI is InChI=1S/C24H34N4O/c25-17-11-12-18(26)21(17)23(15-7-3-1-4-8-15)29-24(16-9-5-2-6-10-16)22-19(27)13-14-20(22)28/h1-10,17-24H,11-14,25-28H2. The lowest BCUT2D eigenvalue weighted by atomic mass is 9.86. The Hall–Kier alpha value is -1.76. The van der Waals surface area contributed by atoms with E-state index in [1.807, 2.05) is 36.4 Å². The summed E-state index contributed by atoms with van der Waals surface area (Å²) in [5.41, 5.74) is 28.3. The van der Waals surface area contributed by atoms with E-state index < -0.39 is 0 Å². The molecule has 0 aromatic heterocycles. The summed E-state index contributed by atoms with van der Waals surface area (Å²) in [7, 11) is 0.